The summed E-state index contributed by atoms with van der Waals surface area (Å²) in [7, 11) is 0. The molecular weight excluding hydrogens is 162 g/mol. The van der Waals surface area contributed by atoms with Crippen LogP contribution in [0.1, 0.15) is 39.5 Å². The first-order valence-electron chi connectivity index (χ1n) is 5.60. The number of aliphatic hydroxyl groups is 1. The molecule has 1 aliphatic rings. The topological polar surface area (TPSA) is 32.3 Å². The van der Waals surface area contributed by atoms with E-state index in [-0.39, 0.29) is 0 Å². The second kappa shape index (κ2) is 5.61. The van der Waals surface area contributed by atoms with Gasteiger partial charge in [0.05, 0.1) is 0 Å². The van der Waals surface area contributed by atoms with Crippen LogP contribution >= 0.6 is 0 Å². The van der Waals surface area contributed by atoms with E-state index in [2.05, 4.69) is 19.2 Å². The molecule has 0 spiro atoms. The van der Waals surface area contributed by atoms with Crippen LogP contribution in [0, 0.1) is 11.8 Å². The lowest BCUT2D eigenvalue weighted by atomic mass is 9.79. The molecule has 0 heterocycles. The molecule has 0 aromatic carbocycles. The molecular formula is C11H23NO. The first-order chi connectivity index (χ1) is 6.25. The van der Waals surface area contributed by atoms with Crippen LogP contribution in [0.15, 0.2) is 0 Å². The van der Waals surface area contributed by atoms with Gasteiger partial charge in [0.25, 0.3) is 0 Å². The zero-order valence-corrected chi connectivity index (χ0v) is 8.92. The minimum atomic E-state index is 0.308. The monoisotopic (exact) mass is 185 g/mol. The quantitative estimate of drug-likeness (QED) is 0.654. The summed E-state index contributed by atoms with van der Waals surface area (Å²) in [5, 5.41) is 12.2. The SMILES string of the molecule is C[C@@H]1CCC[C@H](C)C1NCCCO. The Balaban J connectivity index is 2.26. The Morgan fingerprint density at radius 2 is 1.85 bits per heavy atom. The van der Waals surface area contributed by atoms with E-state index < -0.39 is 0 Å². The molecule has 78 valence electrons. The van der Waals surface area contributed by atoms with Gasteiger partial charge in [0.15, 0.2) is 0 Å². The second-order valence-corrected chi connectivity index (χ2v) is 4.44. The fraction of sp³-hybridized carbons (Fsp3) is 1.00. The van der Waals surface area contributed by atoms with Crippen LogP contribution in [-0.4, -0.2) is 24.3 Å². The Bertz CT molecular complexity index is 128. The number of hydrogen-bond acceptors (Lipinski definition) is 2. The van der Waals surface area contributed by atoms with Gasteiger partial charge in [-0.15, -0.1) is 0 Å². The summed E-state index contributed by atoms with van der Waals surface area (Å²) in [6.45, 7) is 5.96. The van der Waals surface area contributed by atoms with E-state index in [0.29, 0.717) is 12.6 Å². The maximum absolute atomic E-state index is 8.69. The van der Waals surface area contributed by atoms with E-state index in [9.17, 15) is 0 Å². The molecule has 0 aromatic heterocycles. The minimum Gasteiger partial charge on any atom is -0.396 e. The maximum atomic E-state index is 8.69. The molecule has 0 radical (unpaired) electrons. The highest BCUT2D eigenvalue weighted by molar-refractivity contribution is 4.82. The third kappa shape index (κ3) is 3.28. The van der Waals surface area contributed by atoms with Gasteiger partial charge in [-0.25, -0.2) is 0 Å². The molecule has 0 amide bonds. The smallest absolute Gasteiger partial charge is 0.0443 e. The fourth-order valence-corrected chi connectivity index (χ4v) is 2.43. The second-order valence-electron chi connectivity index (χ2n) is 4.44. The largest absolute Gasteiger partial charge is 0.396 e. The average Bonchev–Trinajstić information content (AvgIpc) is 2.10. The molecule has 1 rings (SSSR count). The molecule has 0 saturated heterocycles. The van der Waals surface area contributed by atoms with Crippen LogP contribution in [0.3, 0.4) is 0 Å². The highest BCUT2D eigenvalue weighted by Crippen LogP contribution is 2.28. The Morgan fingerprint density at radius 1 is 1.23 bits per heavy atom. The van der Waals surface area contributed by atoms with Crippen molar-refractivity contribution >= 4 is 0 Å². The fourth-order valence-electron chi connectivity index (χ4n) is 2.43. The number of rotatable bonds is 4. The molecule has 2 nitrogen and oxygen atoms in total. The third-order valence-corrected chi connectivity index (χ3v) is 3.26. The van der Waals surface area contributed by atoms with Gasteiger partial charge < -0.3 is 10.4 Å². The molecule has 1 fully saturated rings. The summed E-state index contributed by atoms with van der Waals surface area (Å²) in [4.78, 5) is 0. The first kappa shape index (κ1) is 11.0. The van der Waals surface area contributed by atoms with Crippen molar-refractivity contribution in [2.75, 3.05) is 13.2 Å². The number of hydrogen-bond donors (Lipinski definition) is 2. The van der Waals surface area contributed by atoms with Gasteiger partial charge in [0.2, 0.25) is 0 Å². The molecule has 2 N–H and O–H groups in total. The normalized spacial score (nSPS) is 34.8. The summed E-state index contributed by atoms with van der Waals surface area (Å²) >= 11 is 0. The van der Waals surface area contributed by atoms with E-state index in [0.717, 1.165) is 24.8 Å². The van der Waals surface area contributed by atoms with Gasteiger partial charge >= 0.3 is 0 Å². The van der Waals surface area contributed by atoms with E-state index in [1.807, 2.05) is 0 Å². The van der Waals surface area contributed by atoms with Crippen molar-refractivity contribution < 1.29 is 5.11 Å². The molecule has 1 aliphatic carbocycles. The Morgan fingerprint density at radius 3 is 2.38 bits per heavy atom. The van der Waals surface area contributed by atoms with Crippen molar-refractivity contribution in [1.29, 1.82) is 0 Å². The summed E-state index contributed by atoms with van der Waals surface area (Å²) in [5.74, 6) is 1.62. The van der Waals surface area contributed by atoms with E-state index in [1.165, 1.54) is 19.3 Å². The van der Waals surface area contributed by atoms with Crippen molar-refractivity contribution in [2.45, 2.75) is 45.6 Å². The van der Waals surface area contributed by atoms with Crippen LogP contribution in [0.5, 0.6) is 0 Å². The van der Waals surface area contributed by atoms with Crippen molar-refractivity contribution in [3.63, 3.8) is 0 Å². The zero-order valence-electron chi connectivity index (χ0n) is 8.92. The van der Waals surface area contributed by atoms with Gasteiger partial charge in [-0.2, -0.15) is 0 Å². The van der Waals surface area contributed by atoms with Gasteiger partial charge in [-0.3, -0.25) is 0 Å². The molecule has 1 saturated carbocycles. The van der Waals surface area contributed by atoms with Crippen molar-refractivity contribution in [3.8, 4) is 0 Å². The van der Waals surface area contributed by atoms with E-state index in [1.54, 1.807) is 0 Å². The molecule has 0 bridgehead atoms. The lowest BCUT2D eigenvalue weighted by Gasteiger charge is -2.35. The molecule has 13 heavy (non-hydrogen) atoms. The van der Waals surface area contributed by atoms with Crippen molar-refractivity contribution in [2.24, 2.45) is 11.8 Å². The molecule has 3 atom stereocenters. The Kier molecular flexibility index (Phi) is 4.74. The number of nitrogens with one attached hydrogen (secondary N) is 1. The molecule has 2 heteroatoms. The van der Waals surface area contributed by atoms with Gasteiger partial charge in [0.1, 0.15) is 0 Å². The summed E-state index contributed by atoms with van der Waals surface area (Å²) in [6, 6.07) is 0.681. The summed E-state index contributed by atoms with van der Waals surface area (Å²) in [5.41, 5.74) is 0. The Labute approximate surface area is 81.7 Å². The lowest BCUT2D eigenvalue weighted by molar-refractivity contribution is 0.202. The molecule has 1 unspecified atom stereocenters. The highest BCUT2D eigenvalue weighted by atomic mass is 16.3. The number of aliphatic hydroxyl groups excluding tert-OH is 1. The van der Waals surface area contributed by atoms with Gasteiger partial charge in [-0.05, 0) is 37.6 Å². The highest BCUT2D eigenvalue weighted by Gasteiger charge is 2.26. The van der Waals surface area contributed by atoms with Crippen LogP contribution in [-0.2, 0) is 0 Å². The first-order valence-corrected chi connectivity index (χ1v) is 5.60. The summed E-state index contributed by atoms with van der Waals surface area (Å²) in [6.07, 6.45) is 5.00. The molecule has 0 aromatic rings. The maximum Gasteiger partial charge on any atom is 0.0443 e. The van der Waals surface area contributed by atoms with Gasteiger partial charge in [-0.1, -0.05) is 20.3 Å². The lowest BCUT2D eigenvalue weighted by Crippen LogP contribution is -2.43. The minimum absolute atomic E-state index is 0.308. The summed E-state index contributed by atoms with van der Waals surface area (Å²) < 4.78 is 0. The third-order valence-electron chi connectivity index (χ3n) is 3.26. The zero-order chi connectivity index (χ0) is 9.68. The van der Waals surface area contributed by atoms with E-state index in [4.69, 9.17) is 5.11 Å². The standard InChI is InChI=1S/C11H23NO/c1-9-5-3-6-10(2)11(9)12-7-4-8-13/h9-13H,3-8H2,1-2H3/t9-,10+,11?. The van der Waals surface area contributed by atoms with Crippen LogP contribution in [0.25, 0.3) is 0 Å². The Hall–Kier alpha value is -0.0800. The predicted octanol–water partition coefficient (Wildman–Crippen LogP) is 1.78. The average molecular weight is 185 g/mol. The van der Waals surface area contributed by atoms with Crippen LogP contribution in [0.2, 0.25) is 0 Å². The molecule has 0 aliphatic heterocycles. The predicted molar refractivity (Wildman–Crippen MR) is 55.7 cm³/mol. The van der Waals surface area contributed by atoms with Crippen LogP contribution < -0.4 is 5.32 Å². The van der Waals surface area contributed by atoms with Crippen molar-refractivity contribution in [3.05, 3.63) is 0 Å². The van der Waals surface area contributed by atoms with Crippen LogP contribution in [0.4, 0.5) is 0 Å². The van der Waals surface area contributed by atoms with E-state index >= 15 is 0 Å². The van der Waals surface area contributed by atoms with Gasteiger partial charge in [0, 0.05) is 12.6 Å². The van der Waals surface area contributed by atoms with Crippen molar-refractivity contribution in [1.82, 2.24) is 5.32 Å².